The van der Waals surface area contributed by atoms with E-state index in [0.717, 1.165) is 23.2 Å². The molecule has 118 valence electrons. The van der Waals surface area contributed by atoms with Crippen molar-refractivity contribution in [1.29, 1.82) is 0 Å². The summed E-state index contributed by atoms with van der Waals surface area (Å²) in [5.41, 5.74) is 1.81. The average molecular weight is 310 g/mol. The molecule has 4 heteroatoms. The number of methoxy groups -OCH3 is 1. The van der Waals surface area contributed by atoms with Crippen LogP contribution in [0.25, 0.3) is 0 Å². The van der Waals surface area contributed by atoms with Crippen LogP contribution >= 0.6 is 0 Å². The molecule has 0 heterocycles. The van der Waals surface area contributed by atoms with Gasteiger partial charge in [0.1, 0.15) is 18.1 Å². The first-order valence-electron chi connectivity index (χ1n) is 7.53. The molecule has 0 radical (unpaired) electrons. The van der Waals surface area contributed by atoms with Gasteiger partial charge in [-0.2, -0.15) is 0 Å². The van der Waals surface area contributed by atoms with E-state index in [9.17, 15) is 9.59 Å². The molecule has 2 aromatic carbocycles. The average Bonchev–Trinajstić information content (AvgIpc) is 2.61. The number of carbonyl (C=O) groups is 2. The minimum absolute atomic E-state index is 0.0387. The standard InChI is InChI=1S/C19H18O4/c1-22-15-9-7-14(8-10-15)17-16(11-20)19(18(17)21)23-12-13-5-3-2-4-6-13/h2-11,16-17,19H,12H2,1H3/t16-,17?,19+/m1/s1. The zero-order valence-electron chi connectivity index (χ0n) is 12.8. The first kappa shape index (κ1) is 15.4. The van der Waals surface area contributed by atoms with Crippen molar-refractivity contribution in [2.75, 3.05) is 7.11 Å². The molecule has 0 spiro atoms. The van der Waals surface area contributed by atoms with Gasteiger partial charge in [0.05, 0.1) is 25.6 Å². The first-order valence-corrected chi connectivity index (χ1v) is 7.53. The second-order valence-corrected chi connectivity index (χ2v) is 5.58. The summed E-state index contributed by atoms with van der Waals surface area (Å²) in [4.78, 5) is 23.8. The molecule has 0 amide bonds. The number of ether oxygens (including phenoxy) is 2. The van der Waals surface area contributed by atoms with Crippen LogP contribution in [0.3, 0.4) is 0 Å². The van der Waals surface area contributed by atoms with Gasteiger partial charge in [-0.3, -0.25) is 4.79 Å². The van der Waals surface area contributed by atoms with E-state index in [1.54, 1.807) is 19.2 Å². The molecule has 2 aromatic rings. The minimum Gasteiger partial charge on any atom is -0.497 e. The topological polar surface area (TPSA) is 52.6 Å². The molecule has 23 heavy (non-hydrogen) atoms. The number of hydrogen-bond acceptors (Lipinski definition) is 4. The van der Waals surface area contributed by atoms with Crippen LogP contribution in [0.1, 0.15) is 17.0 Å². The maximum absolute atomic E-state index is 12.4. The lowest BCUT2D eigenvalue weighted by atomic mass is 9.67. The molecule has 0 saturated heterocycles. The van der Waals surface area contributed by atoms with Crippen molar-refractivity contribution in [2.45, 2.75) is 18.6 Å². The van der Waals surface area contributed by atoms with Crippen molar-refractivity contribution < 1.29 is 19.1 Å². The number of benzene rings is 2. The Balaban J connectivity index is 1.68. The van der Waals surface area contributed by atoms with Crippen LogP contribution in [0.4, 0.5) is 0 Å². The summed E-state index contributed by atoms with van der Waals surface area (Å²) in [7, 11) is 1.59. The Morgan fingerprint density at radius 1 is 1.04 bits per heavy atom. The minimum atomic E-state index is -0.653. The largest absolute Gasteiger partial charge is 0.497 e. The highest BCUT2D eigenvalue weighted by molar-refractivity contribution is 6.01. The van der Waals surface area contributed by atoms with Gasteiger partial charge in [-0.15, -0.1) is 0 Å². The Bertz CT molecular complexity index is 678. The van der Waals surface area contributed by atoms with Gasteiger partial charge in [0.25, 0.3) is 0 Å². The number of aldehydes is 1. The molecule has 0 aliphatic heterocycles. The number of carbonyl (C=O) groups excluding carboxylic acids is 2. The predicted molar refractivity (Wildman–Crippen MR) is 85.3 cm³/mol. The Labute approximate surface area is 135 Å². The molecular weight excluding hydrogens is 292 g/mol. The van der Waals surface area contributed by atoms with Crippen LogP contribution in [0.2, 0.25) is 0 Å². The molecule has 0 N–H and O–H groups in total. The molecule has 1 aliphatic carbocycles. The Kier molecular flexibility index (Phi) is 4.53. The van der Waals surface area contributed by atoms with E-state index < -0.39 is 17.9 Å². The van der Waals surface area contributed by atoms with E-state index in [1.807, 2.05) is 42.5 Å². The van der Waals surface area contributed by atoms with Crippen LogP contribution in [-0.2, 0) is 20.9 Å². The summed E-state index contributed by atoms with van der Waals surface area (Å²) in [5, 5.41) is 0. The predicted octanol–water partition coefficient (Wildman–Crippen LogP) is 2.76. The molecule has 4 nitrogen and oxygen atoms in total. The number of hydrogen-bond donors (Lipinski definition) is 0. The van der Waals surface area contributed by atoms with Crippen LogP contribution in [0.5, 0.6) is 5.75 Å². The Morgan fingerprint density at radius 2 is 1.74 bits per heavy atom. The quantitative estimate of drug-likeness (QED) is 0.770. The fourth-order valence-electron chi connectivity index (χ4n) is 2.91. The molecule has 1 aliphatic rings. The molecular formula is C19H18O4. The Hall–Kier alpha value is -2.46. The van der Waals surface area contributed by atoms with Crippen LogP contribution in [0.15, 0.2) is 54.6 Å². The van der Waals surface area contributed by atoms with Crippen LogP contribution in [0, 0.1) is 5.92 Å². The third kappa shape index (κ3) is 3.03. The van der Waals surface area contributed by atoms with E-state index in [0.29, 0.717) is 6.61 Å². The van der Waals surface area contributed by atoms with E-state index >= 15 is 0 Å². The Morgan fingerprint density at radius 3 is 2.35 bits per heavy atom. The van der Waals surface area contributed by atoms with Gasteiger partial charge in [0.15, 0.2) is 5.78 Å². The van der Waals surface area contributed by atoms with Crippen molar-refractivity contribution in [3.8, 4) is 5.75 Å². The number of ketones is 1. The smallest absolute Gasteiger partial charge is 0.170 e. The van der Waals surface area contributed by atoms with E-state index in [2.05, 4.69) is 0 Å². The molecule has 0 bridgehead atoms. The summed E-state index contributed by atoms with van der Waals surface area (Å²) >= 11 is 0. The molecule has 3 atom stereocenters. The summed E-state index contributed by atoms with van der Waals surface area (Å²) in [5.74, 6) is -0.165. The lowest BCUT2D eigenvalue weighted by Gasteiger charge is -2.39. The summed E-state index contributed by atoms with van der Waals surface area (Å²) in [6.45, 7) is 0.330. The van der Waals surface area contributed by atoms with Crippen LogP contribution < -0.4 is 4.74 Å². The molecule has 1 fully saturated rings. The van der Waals surface area contributed by atoms with Gasteiger partial charge in [0.2, 0.25) is 0 Å². The zero-order valence-corrected chi connectivity index (χ0v) is 12.8. The SMILES string of the molecule is COc1ccc(C2C(=O)[C@@H](OCc3ccccc3)[C@@H]2C=O)cc1. The van der Waals surface area contributed by atoms with E-state index in [1.165, 1.54) is 0 Å². The van der Waals surface area contributed by atoms with Crippen LogP contribution in [-0.4, -0.2) is 25.3 Å². The van der Waals surface area contributed by atoms with Crippen molar-refractivity contribution in [1.82, 2.24) is 0 Å². The van der Waals surface area contributed by atoms with Crippen molar-refractivity contribution in [3.63, 3.8) is 0 Å². The normalized spacial score (nSPS) is 23.2. The fourth-order valence-corrected chi connectivity index (χ4v) is 2.91. The molecule has 1 unspecified atom stereocenters. The number of rotatable bonds is 6. The second-order valence-electron chi connectivity index (χ2n) is 5.58. The van der Waals surface area contributed by atoms with Gasteiger partial charge in [0, 0.05) is 0 Å². The van der Waals surface area contributed by atoms with E-state index in [-0.39, 0.29) is 5.78 Å². The number of Topliss-reactive ketones (excluding diaryl/α,β-unsaturated/α-hetero) is 1. The van der Waals surface area contributed by atoms with Gasteiger partial charge in [-0.05, 0) is 23.3 Å². The maximum atomic E-state index is 12.4. The third-order valence-corrected chi connectivity index (χ3v) is 4.23. The molecule has 3 rings (SSSR count). The van der Waals surface area contributed by atoms with E-state index in [4.69, 9.17) is 9.47 Å². The fraction of sp³-hybridized carbons (Fsp3) is 0.263. The summed E-state index contributed by atoms with van der Waals surface area (Å²) < 4.78 is 10.8. The third-order valence-electron chi connectivity index (χ3n) is 4.23. The lowest BCUT2D eigenvalue weighted by Crippen LogP contribution is -2.52. The molecule has 0 aromatic heterocycles. The second kappa shape index (κ2) is 6.75. The monoisotopic (exact) mass is 310 g/mol. The summed E-state index contributed by atoms with van der Waals surface area (Å²) in [6.07, 6.45) is 0.172. The van der Waals surface area contributed by atoms with Gasteiger partial charge < -0.3 is 14.3 Å². The van der Waals surface area contributed by atoms with Gasteiger partial charge in [-0.1, -0.05) is 42.5 Å². The first-order chi connectivity index (χ1) is 11.2. The van der Waals surface area contributed by atoms with Crippen molar-refractivity contribution in [2.24, 2.45) is 5.92 Å². The molecule has 1 saturated carbocycles. The van der Waals surface area contributed by atoms with Gasteiger partial charge >= 0.3 is 0 Å². The summed E-state index contributed by atoms with van der Waals surface area (Å²) in [6, 6.07) is 16.9. The lowest BCUT2D eigenvalue weighted by molar-refractivity contribution is -0.157. The highest BCUT2D eigenvalue weighted by atomic mass is 16.5. The highest BCUT2D eigenvalue weighted by Gasteiger charge is 2.51. The zero-order chi connectivity index (χ0) is 16.2. The van der Waals surface area contributed by atoms with Gasteiger partial charge in [-0.25, -0.2) is 0 Å². The highest BCUT2D eigenvalue weighted by Crippen LogP contribution is 2.40. The van der Waals surface area contributed by atoms with Crippen molar-refractivity contribution >= 4 is 12.1 Å². The van der Waals surface area contributed by atoms with Crippen molar-refractivity contribution in [3.05, 3.63) is 65.7 Å². The maximum Gasteiger partial charge on any atom is 0.170 e.